The molecule has 0 fully saturated rings. The lowest BCUT2D eigenvalue weighted by atomic mass is 10.2. The van der Waals surface area contributed by atoms with E-state index in [0.29, 0.717) is 29.9 Å². The second-order valence-corrected chi connectivity index (χ2v) is 6.31. The van der Waals surface area contributed by atoms with Gasteiger partial charge in [-0.3, -0.25) is 4.90 Å². The van der Waals surface area contributed by atoms with E-state index in [2.05, 4.69) is 15.0 Å². The van der Waals surface area contributed by atoms with Crippen LogP contribution in [-0.4, -0.2) is 35.2 Å². The van der Waals surface area contributed by atoms with Gasteiger partial charge in [0.15, 0.2) is 0 Å². The van der Waals surface area contributed by atoms with Crippen LogP contribution in [0.1, 0.15) is 11.5 Å². The summed E-state index contributed by atoms with van der Waals surface area (Å²) in [6.07, 6.45) is 0. The average Bonchev–Trinajstić information content (AvgIpc) is 3.05. The Balaban J connectivity index is 1.50. The fourth-order valence-corrected chi connectivity index (χ4v) is 2.50. The molecular formula is C19H20ClN3O2. The Kier molecular flexibility index (Phi) is 5.68. The highest BCUT2D eigenvalue weighted by atomic mass is 35.5. The molecule has 130 valence electrons. The molecular weight excluding hydrogens is 338 g/mol. The summed E-state index contributed by atoms with van der Waals surface area (Å²) in [7, 11) is 1.99. The Labute approximate surface area is 152 Å². The Morgan fingerprint density at radius 3 is 2.64 bits per heavy atom. The van der Waals surface area contributed by atoms with Crippen LogP contribution in [0.2, 0.25) is 5.02 Å². The van der Waals surface area contributed by atoms with Crippen molar-refractivity contribution in [1.29, 1.82) is 0 Å². The lowest BCUT2D eigenvalue weighted by Gasteiger charge is -2.15. The molecule has 3 aromatic rings. The number of nitrogens with zero attached hydrogens (tertiary/aromatic N) is 3. The lowest BCUT2D eigenvalue weighted by Crippen LogP contribution is -2.24. The standard InChI is InChI=1S/C19H20ClN3O2/c1-14-5-3-4-6-17(14)24-12-11-23(2)13-18-21-19(22-25-18)15-7-9-16(20)10-8-15/h3-10H,11-13H2,1-2H3. The van der Waals surface area contributed by atoms with Gasteiger partial charge < -0.3 is 9.26 Å². The van der Waals surface area contributed by atoms with Crippen LogP contribution >= 0.6 is 11.6 Å². The van der Waals surface area contributed by atoms with Crippen molar-refractivity contribution in [3.63, 3.8) is 0 Å². The molecule has 6 heteroatoms. The largest absolute Gasteiger partial charge is 0.492 e. The van der Waals surface area contributed by atoms with Crippen molar-refractivity contribution in [2.24, 2.45) is 0 Å². The van der Waals surface area contributed by atoms with Crippen molar-refractivity contribution < 1.29 is 9.26 Å². The van der Waals surface area contributed by atoms with Crippen LogP contribution in [0.5, 0.6) is 5.75 Å². The molecule has 0 atom stereocenters. The molecule has 0 radical (unpaired) electrons. The van der Waals surface area contributed by atoms with Gasteiger partial charge in [0.2, 0.25) is 11.7 Å². The summed E-state index contributed by atoms with van der Waals surface area (Å²) in [6.45, 7) is 3.96. The van der Waals surface area contributed by atoms with Gasteiger partial charge in [-0.1, -0.05) is 35.0 Å². The number of likely N-dealkylation sites (N-methyl/N-ethyl adjacent to an activating group) is 1. The Hall–Kier alpha value is -2.37. The molecule has 0 saturated heterocycles. The zero-order valence-corrected chi connectivity index (χ0v) is 15.0. The molecule has 0 aliphatic heterocycles. The number of rotatable bonds is 7. The van der Waals surface area contributed by atoms with Crippen LogP contribution in [0.15, 0.2) is 53.1 Å². The minimum absolute atomic E-state index is 0.566. The van der Waals surface area contributed by atoms with Gasteiger partial charge in [-0.05, 0) is 49.9 Å². The normalized spacial score (nSPS) is 11.0. The van der Waals surface area contributed by atoms with Crippen molar-refractivity contribution in [1.82, 2.24) is 15.0 Å². The van der Waals surface area contributed by atoms with Gasteiger partial charge in [0.05, 0.1) is 6.54 Å². The molecule has 0 unspecified atom stereocenters. The number of aromatic nitrogens is 2. The molecule has 0 saturated carbocycles. The molecule has 1 heterocycles. The number of hydrogen-bond acceptors (Lipinski definition) is 5. The minimum atomic E-state index is 0.566. The Bertz CT molecular complexity index is 818. The maximum Gasteiger partial charge on any atom is 0.241 e. The molecule has 0 spiro atoms. The van der Waals surface area contributed by atoms with Crippen molar-refractivity contribution >= 4 is 11.6 Å². The predicted octanol–water partition coefficient (Wildman–Crippen LogP) is 4.21. The lowest BCUT2D eigenvalue weighted by molar-refractivity contribution is 0.212. The van der Waals surface area contributed by atoms with E-state index in [1.807, 2.05) is 62.5 Å². The van der Waals surface area contributed by atoms with E-state index in [9.17, 15) is 0 Å². The van der Waals surface area contributed by atoms with Crippen molar-refractivity contribution in [2.75, 3.05) is 20.2 Å². The van der Waals surface area contributed by atoms with E-state index in [-0.39, 0.29) is 0 Å². The number of aryl methyl sites for hydroxylation is 1. The number of hydrogen-bond donors (Lipinski definition) is 0. The average molecular weight is 358 g/mol. The van der Waals surface area contributed by atoms with Gasteiger partial charge in [0.25, 0.3) is 0 Å². The van der Waals surface area contributed by atoms with E-state index >= 15 is 0 Å². The minimum Gasteiger partial charge on any atom is -0.492 e. The van der Waals surface area contributed by atoms with Gasteiger partial charge in [0, 0.05) is 17.1 Å². The third kappa shape index (κ3) is 4.81. The quantitative estimate of drug-likeness (QED) is 0.634. The molecule has 1 aromatic heterocycles. The summed E-state index contributed by atoms with van der Waals surface area (Å²) in [4.78, 5) is 6.51. The zero-order chi connectivity index (χ0) is 17.6. The summed E-state index contributed by atoms with van der Waals surface area (Å²) >= 11 is 5.89. The van der Waals surface area contributed by atoms with Crippen LogP contribution < -0.4 is 4.74 Å². The van der Waals surface area contributed by atoms with Gasteiger partial charge >= 0.3 is 0 Å². The highest BCUT2D eigenvalue weighted by Gasteiger charge is 2.11. The van der Waals surface area contributed by atoms with Crippen molar-refractivity contribution in [2.45, 2.75) is 13.5 Å². The monoisotopic (exact) mass is 357 g/mol. The van der Waals surface area contributed by atoms with E-state index in [1.54, 1.807) is 0 Å². The number of halogens is 1. The summed E-state index contributed by atoms with van der Waals surface area (Å²) in [5, 5.41) is 4.70. The molecule has 0 aliphatic rings. The van der Waals surface area contributed by atoms with Crippen molar-refractivity contribution in [3.05, 3.63) is 65.0 Å². The van der Waals surface area contributed by atoms with E-state index < -0.39 is 0 Å². The first-order valence-electron chi connectivity index (χ1n) is 8.07. The van der Waals surface area contributed by atoms with Gasteiger partial charge in [-0.2, -0.15) is 4.98 Å². The van der Waals surface area contributed by atoms with Crippen LogP contribution in [0, 0.1) is 6.92 Å². The number of para-hydroxylation sites is 1. The summed E-state index contributed by atoms with van der Waals surface area (Å²) in [5.41, 5.74) is 2.01. The molecule has 0 aliphatic carbocycles. The summed E-state index contributed by atoms with van der Waals surface area (Å²) in [5.74, 6) is 2.05. The second-order valence-electron chi connectivity index (χ2n) is 5.87. The van der Waals surface area contributed by atoms with Gasteiger partial charge in [0.1, 0.15) is 12.4 Å². The molecule has 2 aromatic carbocycles. The first-order valence-corrected chi connectivity index (χ1v) is 8.45. The summed E-state index contributed by atoms with van der Waals surface area (Å²) in [6, 6.07) is 15.4. The van der Waals surface area contributed by atoms with E-state index in [4.69, 9.17) is 20.9 Å². The molecule has 3 rings (SSSR count). The first kappa shape index (κ1) is 17.5. The highest BCUT2D eigenvalue weighted by Crippen LogP contribution is 2.19. The van der Waals surface area contributed by atoms with Crippen LogP contribution in [-0.2, 0) is 6.54 Å². The molecule has 25 heavy (non-hydrogen) atoms. The number of ether oxygens (including phenoxy) is 1. The first-order chi connectivity index (χ1) is 12.1. The molecule has 5 nitrogen and oxygen atoms in total. The maximum absolute atomic E-state index is 5.89. The molecule has 0 N–H and O–H groups in total. The van der Waals surface area contributed by atoms with Crippen LogP contribution in [0.4, 0.5) is 0 Å². The fraction of sp³-hybridized carbons (Fsp3) is 0.263. The predicted molar refractivity (Wildman–Crippen MR) is 97.8 cm³/mol. The van der Waals surface area contributed by atoms with E-state index in [1.165, 1.54) is 0 Å². The zero-order valence-electron chi connectivity index (χ0n) is 14.3. The van der Waals surface area contributed by atoms with Gasteiger partial charge in [-0.15, -0.1) is 0 Å². The summed E-state index contributed by atoms with van der Waals surface area (Å²) < 4.78 is 11.1. The SMILES string of the molecule is Cc1ccccc1OCCN(C)Cc1nc(-c2ccc(Cl)cc2)no1. The van der Waals surface area contributed by atoms with Gasteiger partial charge in [-0.25, -0.2) is 0 Å². The Morgan fingerprint density at radius 1 is 1.12 bits per heavy atom. The van der Waals surface area contributed by atoms with Crippen LogP contribution in [0.25, 0.3) is 11.4 Å². The van der Waals surface area contributed by atoms with Crippen molar-refractivity contribution in [3.8, 4) is 17.1 Å². The van der Waals surface area contributed by atoms with E-state index in [0.717, 1.165) is 23.4 Å². The van der Waals surface area contributed by atoms with Crippen LogP contribution in [0.3, 0.4) is 0 Å². The third-order valence-corrected chi connectivity index (χ3v) is 4.05. The molecule has 0 bridgehead atoms. The Morgan fingerprint density at radius 2 is 1.88 bits per heavy atom. The fourth-order valence-electron chi connectivity index (χ4n) is 2.38. The number of benzene rings is 2. The molecule has 0 amide bonds. The topological polar surface area (TPSA) is 51.4 Å². The second kappa shape index (κ2) is 8.14. The maximum atomic E-state index is 5.89. The third-order valence-electron chi connectivity index (χ3n) is 3.80. The highest BCUT2D eigenvalue weighted by molar-refractivity contribution is 6.30. The smallest absolute Gasteiger partial charge is 0.241 e.